The Morgan fingerprint density at radius 3 is 1.60 bits per heavy atom. The van der Waals surface area contributed by atoms with Gasteiger partial charge in [0.1, 0.15) is 11.2 Å². The van der Waals surface area contributed by atoms with E-state index in [2.05, 4.69) is 241 Å². The molecule has 14 rings (SSSR count). The molecule has 1 spiro atoms. The fourth-order valence-corrected chi connectivity index (χ4v) is 11.4. The molecule has 0 N–H and O–H groups in total. The summed E-state index contributed by atoms with van der Waals surface area (Å²) in [5.74, 6) is 0. The molecule has 0 amide bonds. The minimum atomic E-state index is -0.440. The van der Waals surface area contributed by atoms with Crippen molar-refractivity contribution in [3.8, 4) is 44.5 Å². The van der Waals surface area contributed by atoms with Gasteiger partial charge in [0.2, 0.25) is 0 Å². The molecule has 2 aliphatic rings. The van der Waals surface area contributed by atoms with E-state index in [1.165, 1.54) is 66.1 Å². The number of anilines is 3. The number of para-hydroxylation sites is 1. The van der Waals surface area contributed by atoms with Gasteiger partial charge in [-0.2, -0.15) is 0 Å². The van der Waals surface area contributed by atoms with Crippen LogP contribution in [0.15, 0.2) is 241 Å². The number of hydrogen-bond acceptors (Lipinski definition) is 2. The van der Waals surface area contributed by atoms with Crippen LogP contribution in [0.1, 0.15) is 22.3 Å². The fourth-order valence-electron chi connectivity index (χ4n) is 11.4. The maximum absolute atomic E-state index is 6.55. The smallest absolute Gasteiger partial charge is 0.143 e. The summed E-state index contributed by atoms with van der Waals surface area (Å²) in [7, 11) is 0. The van der Waals surface area contributed by atoms with Gasteiger partial charge in [0, 0.05) is 33.4 Å². The van der Waals surface area contributed by atoms with E-state index in [4.69, 9.17) is 4.42 Å². The van der Waals surface area contributed by atoms with Crippen molar-refractivity contribution in [3.05, 3.63) is 259 Å². The molecule has 12 aromatic rings. The Bertz CT molecular complexity index is 3830. The average molecular weight is 826 g/mol. The molecule has 0 radical (unpaired) electrons. The molecule has 1 heterocycles. The summed E-state index contributed by atoms with van der Waals surface area (Å²) in [5, 5.41) is 7.22. The molecule has 2 heteroatoms. The molecule has 1 aromatic heterocycles. The molecule has 0 fully saturated rings. The van der Waals surface area contributed by atoms with Crippen LogP contribution in [0.4, 0.5) is 17.1 Å². The summed E-state index contributed by atoms with van der Waals surface area (Å²) in [6, 6.07) is 87.1. The number of hydrogen-bond donors (Lipinski definition) is 0. The van der Waals surface area contributed by atoms with Gasteiger partial charge in [-0.15, -0.1) is 0 Å². The zero-order valence-corrected chi connectivity index (χ0v) is 35.4. The predicted octanol–water partition coefficient (Wildman–Crippen LogP) is 17.0. The first-order valence-electron chi connectivity index (χ1n) is 22.5. The van der Waals surface area contributed by atoms with Crippen molar-refractivity contribution in [2.24, 2.45) is 0 Å². The summed E-state index contributed by atoms with van der Waals surface area (Å²) in [4.78, 5) is 2.44. The summed E-state index contributed by atoms with van der Waals surface area (Å²) in [6.07, 6.45) is 0. The molecular formula is C63H39NO. The largest absolute Gasteiger partial charge is 0.455 e. The first-order chi connectivity index (χ1) is 32.2. The average Bonchev–Trinajstić information content (AvgIpc) is 4.01. The summed E-state index contributed by atoms with van der Waals surface area (Å²) in [5.41, 5.74) is 19.8. The summed E-state index contributed by atoms with van der Waals surface area (Å²) < 4.78 is 6.55. The summed E-state index contributed by atoms with van der Waals surface area (Å²) in [6.45, 7) is 0. The number of nitrogens with zero attached hydrogens (tertiary/aromatic N) is 1. The maximum atomic E-state index is 6.55. The summed E-state index contributed by atoms with van der Waals surface area (Å²) >= 11 is 0. The van der Waals surface area contributed by atoms with Gasteiger partial charge in [0.05, 0.1) is 5.41 Å². The fraction of sp³-hybridized carbons (Fsp3) is 0.0159. The highest BCUT2D eigenvalue weighted by atomic mass is 16.3. The van der Waals surface area contributed by atoms with E-state index < -0.39 is 5.41 Å². The zero-order chi connectivity index (χ0) is 42.6. The molecule has 0 saturated carbocycles. The van der Waals surface area contributed by atoms with Crippen LogP contribution in [-0.2, 0) is 5.41 Å². The molecule has 0 saturated heterocycles. The van der Waals surface area contributed by atoms with Gasteiger partial charge in [0.15, 0.2) is 0 Å². The Morgan fingerprint density at radius 1 is 0.292 bits per heavy atom. The third kappa shape index (κ3) is 5.17. The van der Waals surface area contributed by atoms with Crippen molar-refractivity contribution in [1.29, 1.82) is 0 Å². The molecule has 2 aliphatic carbocycles. The molecule has 0 bridgehead atoms. The molecule has 2 nitrogen and oxygen atoms in total. The second-order valence-electron chi connectivity index (χ2n) is 17.6. The Kier molecular flexibility index (Phi) is 7.64. The van der Waals surface area contributed by atoms with Crippen molar-refractivity contribution in [3.63, 3.8) is 0 Å². The van der Waals surface area contributed by atoms with E-state index >= 15 is 0 Å². The van der Waals surface area contributed by atoms with Gasteiger partial charge in [-0.05, 0) is 131 Å². The predicted molar refractivity (Wildman–Crippen MR) is 271 cm³/mol. The maximum Gasteiger partial charge on any atom is 0.143 e. The molecule has 11 aromatic carbocycles. The normalized spacial score (nSPS) is 13.0. The molecule has 302 valence electrons. The van der Waals surface area contributed by atoms with E-state index in [0.717, 1.165) is 61.3 Å². The minimum Gasteiger partial charge on any atom is -0.455 e. The van der Waals surface area contributed by atoms with Gasteiger partial charge in [-0.1, -0.05) is 188 Å². The minimum absolute atomic E-state index is 0.440. The molecular weight excluding hydrogens is 787 g/mol. The second-order valence-corrected chi connectivity index (χ2v) is 17.6. The highest BCUT2D eigenvalue weighted by Gasteiger charge is 2.51. The van der Waals surface area contributed by atoms with Gasteiger partial charge in [-0.25, -0.2) is 0 Å². The van der Waals surface area contributed by atoms with Gasteiger partial charge >= 0.3 is 0 Å². The van der Waals surface area contributed by atoms with Crippen LogP contribution in [0.3, 0.4) is 0 Å². The number of benzene rings is 11. The van der Waals surface area contributed by atoms with Crippen LogP contribution < -0.4 is 4.90 Å². The van der Waals surface area contributed by atoms with Crippen LogP contribution in [-0.4, -0.2) is 0 Å². The van der Waals surface area contributed by atoms with E-state index in [-0.39, 0.29) is 0 Å². The standard InChI is InChI=1S/C63H39NO/c1-2-13-41(14-3-1)50-20-12-21-55-56-38-43(29-36-61(56)65-62(50)55)40-27-30-45(31-28-40)64(46-32-34-49-44(37-46)26-25-42-15-4-5-16-48(42)49)47-33-35-54-53-19-8-11-24-59(53)63(60(54)39-47)57-22-9-6-17-51(57)52-18-7-10-23-58(52)63/h1-39H. The Hall–Kier alpha value is -8.46. The monoisotopic (exact) mass is 825 g/mol. The first-order valence-corrected chi connectivity index (χ1v) is 22.5. The van der Waals surface area contributed by atoms with Crippen LogP contribution in [0.5, 0.6) is 0 Å². The third-order valence-corrected chi connectivity index (χ3v) is 14.3. The van der Waals surface area contributed by atoms with Crippen molar-refractivity contribution >= 4 is 60.5 Å². The topological polar surface area (TPSA) is 16.4 Å². The lowest BCUT2D eigenvalue weighted by molar-refractivity contribution is 0.670. The van der Waals surface area contributed by atoms with E-state index in [9.17, 15) is 0 Å². The van der Waals surface area contributed by atoms with Gasteiger partial charge in [-0.3, -0.25) is 0 Å². The number of rotatable bonds is 5. The van der Waals surface area contributed by atoms with Crippen LogP contribution in [0.25, 0.3) is 88.0 Å². The first kappa shape index (κ1) is 36.1. The van der Waals surface area contributed by atoms with Gasteiger partial charge < -0.3 is 9.32 Å². The van der Waals surface area contributed by atoms with Gasteiger partial charge in [0.25, 0.3) is 0 Å². The zero-order valence-electron chi connectivity index (χ0n) is 35.4. The Balaban J connectivity index is 0.941. The van der Waals surface area contributed by atoms with E-state index in [1.807, 2.05) is 0 Å². The van der Waals surface area contributed by atoms with Crippen molar-refractivity contribution in [1.82, 2.24) is 0 Å². The van der Waals surface area contributed by atoms with Crippen molar-refractivity contribution in [2.75, 3.05) is 4.90 Å². The lowest BCUT2D eigenvalue weighted by Gasteiger charge is -2.32. The lowest BCUT2D eigenvalue weighted by Crippen LogP contribution is -2.26. The lowest BCUT2D eigenvalue weighted by atomic mass is 9.70. The third-order valence-electron chi connectivity index (χ3n) is 14.3. The SMILES string of the molecule is c1ccc(-c2cccc3c2oc2ccc(-c4ccc(N(c5ccc6c(c5)C5(c7ccccc7-c7ccccc75)c5ccccc5-6)c5ccc6c(ccc7ccccc76)c5)cc4)cc23)cc1. The second kappa shape index (κ2) is 13.8. The molecule has 65 heavy (non-hydrogen) atoms. The van der Waals surface area contributed by atoms with Crippen molar-refractivity contribution < 1.29 is 4.42 Å². The molecule has 0 atom stereocenters. The Labute approximate surface area is 376 Å². The van der Waals surface area contributed by atoms with Crippen LogP contribution in [0.2, 0.25) is 0 Å². The highest BCUT2D eigenvalue weighted by molar-refractivity contribution is 6.11. The number of furan rings is 1. The van der Waals surface area contributed by atoms with Crippen molar-refractivity contribution in [2.45, 2.75) is 5.41 Å². The van der Waals surface area contributed by atoms with E-state index in [1.54, 1.807) is 0 Å². The molecule has 0 aliphatic heterocycles. The Morgan fingerprint density at radius 2 is 0.846 bits per heavy atom. The quantitative estimate of drug-likeness (QED) is 0.161. The molecule has 0 unspecified atom stereocenters. The van der Waals surface area contributed by atoms with Crippen LogP contribution in [0, 0.1) is 0 Å². The highest BCUT2D eigenvalue weighted by Crippen LogP contribution is 2.63. The van der Waals surface area contributed by atoms with E-state index in [0.29, 0.717) is 0 Å². The number of fused-ring (bicyclic) bond motifs is 16. The van der Waals surface area contributed by atoms with Crippen LogP contribution >= 0.6 is 0 Å².